The van der Waals surface area contributed by atoms with Crippen LogP contribution in [0, 0.1) is 0 Å². The zero-order chi connectivity index (χ0) is 11.8. The number of ether oxygens (including phenoxy) is 1. The summed E-state index contributed by atoms with van der Waals surface area (Å²) in [6, 6.07) is 8.22. The third-order valence-corrected chi connectivity index (χ3v) is 2.48. The lowest BCUT2D eigenvalue weighted by atomic mass is 10.1. The maximum atomic E-state index is 5.46. The summed E-state index contributed by atoms with van der Waals surface area (Å²) in [5.41, 5.74) is 8.01. The largest absolute Gasteiger partial charge is 0.494 e. The van der Waals surface area contributed by atoms with E-state index in [2.05, 4.69) is 25.1 Å². The van der Waals surface area contributed by atoms with Crippen LogP contribution >= 0.6 is 0 Å². The Balaban J connectivity index is 2.62. The summed E-state index contributed by atoms with van der Waals surface area (Å²) in [6.45, 7) is 5.59. The molecule has 2 N–H and O–H groups in total. The molecule has 16 heavy (non-hydrogen) atoms. The first kappa shape index (κ1) is 12.8. The van der Waals surface area contributed by atoms with Gasteiger partial charge in [0.1, 0.15) is 5.75 Å². The van der Waals surface area contributed by atoms with Crippen LogP contribution in [0.4, 0.5) is 0 Å². The second-order valence-electron chi connectivity index (χ2n) is 3.78. The van der Waals surface area contributed by atoms with Crippen LogP contribution in [-0.4, -0.2) is 13.2 Å². The Morgan fingerprint density at radius 2 is 2.00 bits per heavy atom. The van der Waals surface area contributed by atoms with Crippen molar-refractivity contribution >= 4 is 5.57 Å². The second kappa shape index (κ2) is 7.07. The van der Waals surface area contributed by atoms with Crippen LogP contribution in [0.1, 0.15) is 32.3 Å². The highest BCUT2D eigenvalue weighted by Gasteiger charge is 1.96. The predicted octanol–water partition coefficient (Wildman–Crippen LogP) is 3.23. The zero-order valence-electron chi connectivity index (χ0n) is 10.2. The summed E-state index contributed by atoms with van der Waals surface area (Å²) in [5, 5.41) is 0. The molecule has 0 aromatic heterocycles. The molecule has 0 saturated heterocycles. The van der Waals surface area contributed by atoms with Crippen LogP contribution in [0.5, 0.6) is 5.75 Å². The number of hydrogen-bond acceptors (Lipinski definition) is 2. The van der Waals surface area contributed by atoms with E-state index in [0.717, 1.165) is 25.1 Å². The topological polar surface area (TPSA) is 35.2 Å². The van der Waals surface area contributed by atoms with E-state index >= 15 is 0 Å². The summed E-state index contributed by atoms with van der Waals surface area (Å²) in [6.07, 6.45) is 4.34. The van der Waals surface area contributed by atoms with Gasteiger partial charge in [0.2, 0.25) is 0 Å². The van der Waals surface area contributed by atoms with E-state index < -0.39 is 0 Å². The number of rotatable bonds is 6. The Bertz CT molecular complexity index is 327. The molecule has 2 nitrogen and oxygen atoms in total. The molecule has 0 amide bonds. The molecule has 0 aliphatic heterocycles. The Kier molecular flexibility index (Phi) is 5.65. The summed E-state index contributed by atoms with van der Waals surface area (Å²) in [5.74, 6) is 0.931. The number of unbranched alkanes of at least 4 members (excludes halogenated alkanes) is 1. The minimum absolute atomic E-state index is 0.713. The monoisotopic (exact) mass is 219 g/mol. The van der Waals surface area contributed by atoms with Gasteiger partial charge in [-0.1, -0.05) is 18.2 Å². The Labute approximate surface area is 98.1 Å². The van der Waals surface area contributed by atoms with Crippen LogP contribution in [0.25, 0.3) is 5.57 Å². The molecule has 0 unspecified atom stereocenters. The Morgan fingerprint density at radius 3 is 2.56 bits per heavy atom. The van der Waals surface area contributed by atoms with Crippen LogP contribution in [0.3, 0.4) is 0 Å². The molecule has 0 heterocycles. The van der Waals surface area contributed by atoms with Crippen molar-refractivity contribution in [1.82, 2.24) is 0 Å². The third-order valence-electron chi connectivity index (χ3n) is 2.48. The van der Waals surface area contributed by atoms with Crippen LogP contribution in [0.2, 0.25) is 0 Å². The maximum absolute atomic E-state index is 5.46. The van der Waals surface area contributed by atoms with Crippen molar-refractivity contribution in [3.63, 3.8) is 0 Å². The van der Waals surface area contributed by atoms with Crippen molar-refractivity contribution in [2.24, 2.45) is 5.73 Å². The number of nitrogens with two attached hydrogens (primary N) is 1. The van der Waals surface area contributed by atoms with Gasteiger partial charge in [-0.3, -0.25) is 0 Å². The molecule has 0 fully saturated rings. The molecule has 0 atom stereocenters. The maximum Gasteiger partial charge on any atom is 0.119 e. The van der Waals surface area contributed by atoms with Gasteiger partial charge in [-0.15, -0.1) is 0 Å². The molecule has 0 radical (unpaired) electrons. The number of allylic oxidation sites excluding steroid dienone is 2. The molecule has 0 aliphatic carbocycles. The third kappa shape index (κ3) is 4.07. The summed E-state index contributed by atoms with van der Waals surface area (Å²) in [4.78, 5) is 0. The predicted molar refractivity (Wildman–Crippen MR) is 69.6 cm³/mol. The van der Waals surface area contributed by atoms with Crippen molar-refractivity contribution in [3.05, 3.63) is 35.9 Å². The summed E-state index contributed by atoms with van der Waals surface area (Å²) >= 11 is 0. The summed E-state index contributed by atoms with van der Waals surface area (Å²) < 4.78 is 5.40. The fraction of sp³-hybridized carbons (Fsp3) is 0.429. The second-order valence-corrected chi connectivity index (χ2v) is 3.78. The quantitative estimate of drug-likeness (QED) is 0.745. The number of hydrogen-bond donors (Lipinski definition) is 1. The molecule has 1 aromatic rings. The van der Waals surface area contributed by atoms with Gasteiger partial charge in [-0.25, -0.2) is 0 Å². The van der Waals surface area contributed by atoms with Crippen molar-refractivity contribution in [2.75, 3.05) is 13.2 Å². The van der Waals surface area contributed by atoms with E-state index in [-0.39, 0.29) is 0 Å². The van der Waals surface area contributed by atoms with Gasteiger partial charge >= 0.3 is 0 Å². The standard InChI is InChI=1S/C14H21NO/c1-3-16-14-9-7-13(8-10-14)12(2)6-4-5-11-15/h6-10H,3-5,11,15H2,1-2H3/b12-6+. The molecule has 1 rings (SSSR count). The van der Waals surface area contributed by atoms with Gasteiger partial charge in [0.15, 0.2) is 0 Å². The van der Waals surface area contributed by atoms with E-state index in [1.54, 1.807) is 0 Å². The SMILES string of the molecule is CCOc1ccc(/C(C)=C/CCCN)cc1. The summed E-state index contributed by atoms with van der Waals surface area (Å²) in [7, 11) is 0. The Hall–Kier alpha value is -1.28. The van der Waals surface area contributed by atoms with Gasteiger partial charge in [0, 0.05) is 0 Å². The highest BCUT2D eigenvalue weighted by Crippen LogP contribution is 2.19. The minimum Gasteiger partial charge on any atom is -0.494 e. The first-order chi connectivity index (χ1) is 7.77. The van der Waals surface area contributed by atoms with Crippen LogP contribution in [-0.2, 0) is 0 Å². The van der Waals surface area contributed by atoms with E-state index in [4.69, 9.17) is 10.5 Å². The van der Waals surface area contributed by atoms with Gasteiger partial charge < -0.3 is 10.5 Å². The normalized spacial score (nSPS) is 11.6. The van der Waals surface area contributed by atoms with Gasteiger partial charge in [-0.2, -0.15) is 0 Å². The van der Waals surface area contributed by atoms with Gasteiger partial charge in [0.25, 0.3) is 0 Å². The zero-order valence-corrected chi connectivity index (χ0v) is 10.2. The molecule has 0 saturated carbocycles. The molecular formula is C14H21NO. The molecule has 0 spiro atoms. The molecule has 0 bridgehead atoms. The van der Waals surface area contributed by atoms with Crippen LogP contribution in [0.15, 0.2) is 30.3 Å². The van der Waals surface area contributed by atoms with Crippen molar-refractivity contribution in [2.45, 2.75) is 26.7 Å². The fourth-order valence-electron chi connectivity index (χ4n) is 1.53. The van der Waals surface area contributed by atoms with Crippen LogP contribution < -0.4 is 10.5 Å². The fourth-order valence-corrected chi connectivity index (χ4v) is 1.53. The highest BCUT2D eigenvalue weighted by atomic mass is 16.5. The molecule has 88 valence electrons. The van der Waals surface area contributed by atoms with Gasteiger partial charge in [0.05, 0.1) is 6.61 Å². The lowest BCUT2D eigenvalue weighted by Crippen LogP contribution is -1.96. The first-order valence-corrected chi connectivity index (χ1v) is 5.88. The Morgan fingerprint density at radius 1 is 1.31 bits per heavy atom. The van der Waals surface area contributed by atoms with Gasteiger partial charge in [-0.05, 0) is 56.5 Å². The van der Waals surface area contributed by atoms with E-state index in [1.165, 1.54) is 11.1 Å². The van der Waals surface area contributed by atoms with E-state index in [0.29, 0.717) is 6.61 Å². The lowest BCUT2D eigenvalue weighted by Gasteiger charge is -2.05. The van der Waals surface area contributed by atoms with E-state index in [1.807, 2.05) is 19.1 Å². The number of benzene rings is 1. The molecule has 2 heteroatoms. The smallest absolute Gasteiger partial charge is 0.119 e. The average molecular weight is 219 g/mol. The highest BCUT2D eigenvalue weighted by molar-refractivity contribution is 5.64. The minimum atomic E-state index is 0.713. The molecule has 1 aromatic carbocycles. The lowest BCUT2D eigenvalue weighted by molar-refractivity contribution is 0.340. The molecular weight excluding hydrogens is 198 g/mol. The molecule has 0 aliphatic rings. The van der Waals surface area contributed by atoms with Crippen molar-refractivity contribution < 1.29 is 4.74 Å². The average Bonchev–Trinajstić information content (AvgIpc) is 2.30. The van der Waals surface area contributed by atoms with Crippen molar-refractivity contribution in [1.29, 1.82) is 0 Å². The first-order valence-electron chi connectivity index (χ1n) is 5.88. The van der Waals surface area contributed by atoms with Crippen molar-refractivity contribution in [3.8, 4) is 5.75 Å². The van der Waals surface area contributed by atoms with E-state index in [9.17, 15) is 0 Å².